The van der Waals surface area contributed by atoms with Crippen molar-refractivity contribution in [2.75, 3.05) is 26.4 Å². The van der Waals surface area contributed by atoms with Crippen molar-refractivity contribution >= 4 is 46.4 Å². The lowest BCUT2D eigenvalue weighted by Crippen LogP contribution is -1.97. The van der Waals surface area contributed by atoms with E-state index in [1.807, 2.05) is 0 Å². The minimum Gasteiger partial charge on any atom is -0.494 e. The fourth-order valence-electron chi connectivity index (χ4n) is 9.99. The first-order valence-electron chi connectivity index (χ1n) is 28.1. The molecule has 2 aliphatic heterocycles. The average Bonchev–Trinajstić information content (AvgIpc) is 4.32. The summed E-state index contributed by atoms with van der Waals surface area (Å²) >= 11 is 0. The van der Waals surface area contributed by atoms with Crippen molar-refractivity contribution in [1.29, 1.82) is 0 Å². The number of ether oxygens (including phenoxy) is 4. The van der Waals surface area contributed by atoms with Gasteiger partial charge in [0, 0.05) is 44.3 Å². The number of nitrogens with one attached hydrogen (secondary N) is 2. The van der Waals surface area contributed by atoms with Gasteiger partial charge in [-0.25, -0.2) is 9.97 Å². The van der Waals surface area contributed by atoms with Crippen molar-refractivity contribution < 1.29 is 18.9 Å². The van der Waals surface area contributed by atoms with E-state index in [0.29, 0.717) is 26.4 Å². The molecule has 0 spiro atoms. The van der Waals surface area contributed by atoms with E-state index in [4.69, 9.17) is 28.9 Å². The van der Waals surface area contributed by atoms with E-state index in [1.165, 1.54) is 57.8 Å². The van der Waals surface area contributed by atoms with Crippen LogP contribution in [0.1, 0.15) is 147 Å². The predicted molar refractivity (Wildman–Crippen MR) is 315 cm³/mol. The second kappa shape index (κ2) is 26.8. The third-order valence-corrected chi connectivity index (χ3v) is 14.1. The molecule has 388 valence electrons. The largest absolute Gasteiger partial charge is 0.494 e. The van der Waals surface area contributed by atoms with Crippen molar-refractivity contribution in [2.24, 2.45) is 0 Å². The minimum absolute atomic E-state index is 0.699. The van der Waals surface area contributed by atoms with Crippen LogP contribution in [0.5, 0.6) is 23.0 Å². The molecule has 75 heavy (non-hydrogen) atoms. The molecule has 0 amide bonds. The monoisotopic (exact) mass is 1000 g/mol. The molecule has 9 rings (SSSR count). The average molecular weight is 1000 g/mol. The highest BCUT2D eigenvalue weighted by Gasteiger charge is 2.20. The molecule has 3 aromatic heterocycles. The van der Waals surface area contributed by atoms with Crippen LogP contribution in [-0.4, -0.2) is 46.4 Å². The zero-order valence-corrected chi connectivity index (χ0v) is 44.8. The van der Waals surface area contributed by atoms with Crippen molar-refractivity contribution in [1.82, 2.24) is 19.9 Å². The number of aromatic nitrogens is 4. The van der Waals surface area contributed by atoms with Crippen molar-refractivity contribution in [3.8, 4) is 67.5 Å². The predicted octanol–water partition coefficient (Wildman–Crippen LogP) is 18.8. The summed E-state index contributed by atoms with van der Waals surface area (Å²) in [5.41, 5.74) is 15.3. The highest BCUT2D eigenvalue weighted by atomic mass is 16.5. The molecule has 8 nitrogen and oxygen atoms in total. The summed E-state index contributed by atoms with van der Waals surface area (Å²) in [6.45, 7) is 11.7. The normalized spacial score (nSPS) is 11.8. The summed E-state index contributed by atoms with van der Waals surface area (Å²) in [6.07, 6.45) is 25.9. The number of fused-ring (bicyclic) bond motifs is 8. The topological polar surface area (TPSA) is 94.3 Å². The number of H-pyrrole nitrogens is 2. The molecular formula is C67H76N4O4. The second-order valence-electron chi connectivity index (χ2n) is 19.9. The number of rotatable bonds is 27. The molecule has 0 atom stereocenters. The summed E-state index contributed by atoms with van der Waals surface area (Å²) in [5.74, 6) is 3.45. The van der Waals surface area contributed by atoms with E-state index in [9.17, 15) is 0 Å². The van der Waals surface area contributed by atoms with E-state index < -0.39 is 0 Å². The standard InChI is InChI=1S/C67H76N4O4/c1-5-9-13-17-45-73-53-30-22-49(23-31-53)65-58-38-36-56(68-58)64(48-20-28-52(29-21-48)72-44-16-12-8-4)57-37-39-59(69-57)66(50-24-32-54(33-25-50)74-46-18-14-10-6-2)61-41-43-63(71-61)67(62-42-40-60(65)70-62)51-26-34-55(35-27-51)75-47-19-15-11-7-3/h20-43,68,71H,5-19,44-47H2,1-4H3. The summed E-state index contributed by atoms with van der Waals surface area (Å²) in [7, 11) is 0. The van der Waals surface area contributed by atoms with Gasteiger partial charge in [-0.1, -0.05) is 147 Å². The lowest BCUT2D eigenvalue weighted by atomic mass is 10.0. The molecule has 0 saturated heterocycles. The van der Waals surface area contributed by atoms with Crippen molar-refractivity contribution in [3.05, 3.63) is 144 Å². The van der Waals surface area contributed by atoms with Gasteiger partial charge in [-0.05, 0) is 145 Å². The Morgan fingerprint density at radius 3 is 0.747 bits per heavy atom. The summed E-state index contributed by atoms with van der Waals surface area (Å²) in [4.78, 5) is 18.9. The molecule has 7 aromatic rings. The second-order valence-corrected chi connectivity index (χ2v) is 19.9. The van der Waals surface area contributed by atoms with Crippen LogP contribution in [0.2, 0.25) is 0 Å². The third kappa shape index (κ3) is 13.5. The molecule has 0 aliphatic carbocycles. The van der Waals surface area contributed by atoms with Gasteiger partial charge in [-0.15, -0.1) is 0 Å². The summed E-state index contributed by atoms with van der Waals surface area (Å²) in [6, 6.07) is 42.6. The highest BCUT2D eigenvalue weighted by molar-refractivity contribution is 6.00. The third-order valence-electron chi connectivity index (χ3n) is 14.1. The molecular weight excluding hydrogens is 925 g/mol. The molecule has 0 radical (unpaired) electrons. The lowest BCUT2D eigenvalue weighted by Gasteiger charge is -2.10. The molecule has 5 heterocycles. The zero-order valence-electron chi connectivity index (χ0n) is 44.8. The fourth-order valence-corrected chi connectivity index (χ4v) is 9.99. The number of hydrogen-bond donors (Lipinski definition) is 2. The maximum absolute atomic E-state index is 6.24. The maximum Gasteiger partial charge on any atom is 0.119 e. The van der Waals surface area contributed by atoms with E-state index in [1.54, 1.807) is 0 Å². The number of aromatic amines is 2. The zero-order chi connectivity index (χ0) is 51.6. The van der Waals surface area contributed by atoms with Gasteiger partial charge in [0.2, 0.25) is 0 Å². The quantitative estimate of drug-likeness (QED) is 0.0499. The van der Waals surface area contributed by atoms with Gasteiger partial charge in [0.05, 0.1) is 49.2 Å². The Bertz CT molecular complexity index is 3110. The van der Waals surface area contributed by atoms with Crippen LogP contribution in [0, 0.1) is 0 Å². The first-order chi connectivity index (χ1) is 37.0. The minimum atomic E-state index is 0.699. The van der Waals surface area contributed by atoms with Gasteiger partial charge in [-0.2, -0.15) is 0 Å². The van der Waals surface area contributed by atoms with Crippen LogP contribution < -0.4 is 18.9 Å². The maximum atomic E-state index is 6.24. The molecule has 2 aliphatic rings. The van der Waals surface area contributed by atoms with Crippen LogP contribution in [0.15, 0.2) is 121 Å². The Hall–Kier alpha value is -7.32. The number of nitrogens with zero attached hydrogens (tertiary/aromatic N) is 2. The molecule has 8 heteroatoms. The Morgan fingerprint density at radius 1 is 0.280 bits per heavy atom. The Morgan fingerprint density at radius 2 is 0.507 bits per heavy atom. The van der Waals surface area contributed by atoms with E-state index >= 15 is 0 Å². The smallest absolute Gasteiger partial charge is 0.119 e. The molecule has 4 aromatic carbocycles. The highest BCUT2D eigenvalue weighted by Crippen LogP contribution is 2.40. The summed E-state index contributed by atoms with van der Waals surface area (Å²) < 4.78 is 24.9. The van der Waals surface area contributed by atoms with Gasteiger partial charge < -0.3 is 28.9 Å². The molecule has 0 saturated carbocycles. The number of benzene rings is 4. The van der Waals surface area contributed by atoms with Crippen LogP contribution in [0.3, 0.4) is 0 Å². The number of unbranched alkanes of at least 4 members (excludes halogenated alkanes) is 11. The first-order valence-corrected chi connectivity index (χ1v) is 28.1. The molecule has 2 N–H and O–H groups in total. The van der Waals surface area contributed by atoms with E-state index in [2.05, 4.69) is 183 Å². The van der Waals surface area contributed by atoms with Crippen molar-refractivity contribution in [3.63, 3.8) is 0 Å². The van der Waals surface area contributed by atoms with Crippen LogP contribution >= 0.6 is 0 Å². The van der Waals surface area contributed by atoms with Gasteiger partial charge in [0.1, 0.15) is 23.0 Å². The molecule has 0 fully saturated rings. The summed E-state index contributed by atoms with van der Waals surface area (Å²) in [5, 5.41) is 0. The lowest BCUT2D eigenvalue weighted by molar-refractivity contribution is 0.305. The van der Waals surface area contributed by atoms with Gasteiger partial charge in [-0.3, -0.25) is 0 Å². The van der Waals surface area contributed by atoms with Crippen LogP contribution in [0.25, 0.3) is 90.9 Å². The molecule has 0 unspecified atom stereocenters. The Balaban J connectivity index is 1.24. The van der Waals surface area contributed by atoms with E-state index in [0.717, 1.165) is 151 Å². The first kappa shape index (κ1) is 52.5. The van der Waals surface area contributed by atoms with Crippen LogP contribution in [0.4, 0.5) is 0 Å². The Labute approximate surface area is 445 Å². The fraction of sp³-hybridized carbons (Fsp3) is 0.343. The van der Waals surface area contributed by atoms with Gasteiger partial charge >= 0.3 is 0 Å². The van der Waals surface area contributed by atoms with Crippen molar-refractivity contribution in [2.45, 2.75) is 124 Å². The SMILES string of the molecule is CCCCCCOc1ccc(-c2c3nc(c(-c4ccc(OCCCCCC)cc4)c4ccc([nH]4)c(-c4ccc(OCCCCCC)cc4)c4nc(c(-c5ccc(OCCCCC)cc5)c5ccc2[nH]5)C=C4)C=C3)cc1. The number of hydrogen-bond acceptors (Lipinski definition) is 6. The Kier molecular flexibility index (Phi) is 18.7. The van der Waals surface area contributed by atoms with Gasteiger partial charge in [0.15, 0.2) is 0 Å². The van der Waals surface area contributed by atoms with E-state index in [-0.39, 0.29) is 0 Å². The van der Waals surface area contributed by atoms with Crippen LogP contribution in [-0.2, 0) is 0 Å². The molecule has 8 bridgehead atoms. The van der Waals surface area contributed by atoms with Gasteiger partial charge in [0.25, 0.3) is 0 Å².